The summed E-state index contributed by atoms with van der Waals surface area (Å²) in [6, 6.07) is 39.9. The van der Waals surface area contributed by atoms with Gasteiger partial charge in [-0.05, 0) is 54.7 Å². The zero-order valence-corrected chi connectivity index (χ0v) is 37.6. The van der Waals surface area contributed by atoms with Gasteiger partial charge in [-0.3, -0.25) is 9.59 Å². The number of aromatic nitrogens is 5. The molecule has 3 heterocycles. The van der Waals surface area contributed by atoms with E-state index < -0.39 is 47.6 Å². The van der Waals surface area contributed by atoms with E-state index in [2.05, 4.69) is 40.9 Å². The number of nitrogens with one attached hydrogen (secondary N) is 6. The standard InChI is InChI=1S/C53H52N8O6/c1-53(2,3)67-52(65)61-45(28-40-31-55-47(57-40)37-23-19-35(20-24-37)33-13-7-5-8-14-33)50(63)59-44(27-39-30-54-43-18-12-11-17-42(39)43)49(62)60-46(51(64)66-4)29-41-32-56-48(58-41)38-25-21-36(22-26-38)34-15-9-6-10-16-34/h5-26,30-32,44-46,54H,27-29H2,1-4H3,(H,55,57)(H,56,58)(H,59,63)(H,60,62)(H,61,65)/t44-,45-,46-/m0/s1. The first-order valence-electron chi connectivity index (χ1n) is 22.0. The molecule has 0 aliphatic heterocycles. The maximum absolute atomic E-state index is 14.5. The van der Waals surface area contributed by atoms with Gasteiger partial charge in [0.2, 0.25) is 11.8 Å². The summed E-state index contributed by atoms with van der Waals surface area (Å²) in [5.41, 5.74) is 7.80. The number of esters is 1. The number of hydrogen-bond donors (Lipinski definition) is 6. The van der Waals surface area contributed by atoms with Crippen molar-refractivity contribution in [2.45, 2.75) is 63.8 Å². The fourth-order valence-electron chi connectivity index (χ4n) is 7.83. The van der Waals surface area contributed by atoms with Crippen LogP contribution in [0, 0.1) is 0 Å². The van der Waals surface area contributed by atoms with Gasteiger partial charge in [0.05, 0.1) is 7.11 Å². The number of fused-ring (bicyclic) bond motifs is 1. The second kappa shape index (κ2) is 20.3. The number of aromatic amines is 3. The lowest BCUT2D eigenvalue weighted by atomic mass is 10.0. The molecule has 0 aliphatic rings. The van der Waals surface area contributed by atoms with E-state index in [1.165, 1.54) is 7.11 Å². The van der Waals surface area contributed by atoms with E-state index >= 15 is 0 Å². The maximum atomic E-state index is 14.5. The number of H-pyrrole nitrogens is 3. The minimum Gasteiger partial charge on any atom is -0.467 e. The van der Waals surface area contributed by atoms with Gasteiger partial charge in [0, 0.05) is 71.3 Å². The van der Waals surface area contributed by atoms with E-state index in [0.29, 0.717) is 23.0 Å². The topological polar surface area (TPSA) is 196 Å². The number of ether oxygens (including phenoxy) is 2. The summed E-state index contributed by atoms with van der Waals surface area (Å²) in [6.07, 6.45) is 4.21. The van der Waals surface area contributed by atoms with Crippen LogP contribution in [0.3, 0.4) is 0 Å². The Balaban J connectivity index is 1.02. The molecule has 67 heavy (non-hydrogen) atoms. The highest BCUT2D eigenvalue weighted by Crippen LogP contribution is 2.26. The molecule has 14 nitrogen and oxygen atoms in total. The second-order valence-corrected chi connectivity index (χ2v) is 17.2. The van der Waals surface area contributed by atoms with Gasteiger partial charge in [0.15, 0.2) is 0 Å². The van der Waals surface area contributed by atoms with Crippen LogP contribution in [0.15, 0.2) is 152 Å². The predicted octanol–water partition coefficient (Wildman–Crippen LogP) is 8.35. The average molecular weight is 897 g/mol. The molecule has 0 saturated heterocycles. The summed E-state index contributed by atoms with van der Waals surface area (Å²) >= 11 is 0. The molecule has 0 bridgehead atoms. The molecule has 0 spiro atoms. The molecular weight excluding hydrogens is 845 g/mol. The van der Waals surface area contributed by atoms with Crippen LogP contribution in [0.5, 0.6) is 0 Å². The number of methoxy groups -OCH3 is 1. The van der Waals surface area contributed by atoms with Gasteiger partial charge in [-0.25, -0.2) is 19.6 Å². The highest BCUT2D eigenvalue weighted by atomic mass is 16.6. The van der Waals surface area contributed by atoms with Crippen LogP contribution in [0.2, 0.25) is 0 Å². The van der Waals surface area contributed by atoms with E-state index in [4.69, 9.17) is 9.47 Å². The number of benzene rings is 5. The molecular formula is C53H52N8O6. The van der Waals surface area contributed by atoms with Gasteiger partial charge in [-0.15, -0.1) is 0 Å². The van der Waals surface area contributed by atoms with Crippen molar-refractivity contribution < 1.29 is 28.7 Å². The summed E-state index contributed by atoms with van der Waals surface area (Å²) in [5, 5.41) is 9.30. The quantitative estimate of drug-likeness (QED) is 0.0521. The number of alkyl carbamates (subject to hydrolysis) is 1. The highest BCUT2D eigenvalue weighted by Gasteiger charge is 2.32. The van der Waals surface area contributed by atoms with Crippen molar-refractivity contribution in [3.8, 4) is 45.0 Å². The molecule has 8 aromatic rings. The van der Waals surface area contributed by atoms with Crippen molar-refractivity contribution in [2.75, 3.05) is 7.11 Å². The van der Waals surface area contributed by atoms with Crippen LogP contribution in [-0.2, 0) is 43.1 Å². The van der Waals surface area contributed by atoms with Gasteiger partial charge >= 0.3 is 12.1 Å². The average Bonchev–Trinajstić information content (AvgIpc) is 4.12. The number of rotatable bonds is 16. The Bertz CT molecular complexity index is 2950. The Labute approximate surface area is 388 Å². The van der Waals surface area contributed by atoms with Gasteiger partial charge in [-0.1, -0.05) is 127 Å². The zero-order chi connectivity index (χ0) is 46.9. The van der Waals surface area contributed by atoms with Crippen LogP contribution in [0.4, 0.5) is 4.79 Å². The van der Waals surface area contributed by atoms with Crippen LogP contribution < -0.4 is 16.0 Å². The molecule has 5 aromatic carbocycles. The predicted molar refractivity (Wildman–Crippen MR) is 257 cm³/mol. The van der Waals surface area contributed by atoms with E-state index in [1.54, 1.807) is 39.4 Å². The summed E-state index contributed by atoms with van der Waals surface area (Å²) in [4.78, 5) is 74.6. The zero-order valence-electron chi connectivity index (χ0n) is 37.6. The third kappa shape index (κ3) is 11.5. The summed E-state index contributed by atoms with van der Waals surface area (Å²) in [6.45, 7) is 5.16. The largest absolute Gasteiger partial charge is 0.467 e. The van der Waals surface area contributed by atoms with Gasteiger partial charge in [-0.2, -0.15) is 0 Å². The van der Waals surface area contributed by atoms with E-state index in [9.17, 15) is 19.2 Å². The van der Waals surface area contributed by atoms with Crippen molar-refractivity contribution >= 4 is 34.8 Å². The normalized spacial score (nSPS) is 12.7. The van der Waals surface area contributed by atoms with Crippen LogP contribution in [-0.4, -0.2) is 79.6 Å². The first kappa shape index (κ1) is 45.3. The van der Waals surface area contributed by atoms with Gasteiger partial charge < -0.3 is 40.4 Å². The first-order valence-corrected chi connectivity index (χ1v) is 22.0. The Morgan fingerprint density at radius 3 is 1.52 bits per heavy atom. The molecule has 0 unspecified atom stereocenters. The number of para-hydroxylation sites is 1. The molecule has 340 valence electrons. The van der Waals surface area contributed by atoms with Crippen molar-refractivity contribution in [3.63, 3.8) is 0 Å². The molecule has 6 N–H and O–H groups in total. The highest BCUT2D eigenvalue weighted by molar-refractivity contribution is 5.94. The van der Waals surface area contributed by atoms with E-state index in [1.807, 2.05) is 133 Å². The third-order valence-corrected chi connectivity index (χ3v) is 11.2. The second-order valence-electron chi connectivity index (χ2n) is 17.2. The van der Waals surface area contributed by atoms with E-state index in [0.717, 1.165) is 49.8 Å². The smallest absolute Gasteiger partial charge is 0.408 e. The minimum atomic E-state index is -1.22. The molecule has 0 aliphatic carbocycles. The number of carbonyl (C=O) groups excluding carboxylic acids is 4. The molecule has 8 rings (SSSR count). The fraction of sp³-hybridized carbons (Fsp3) is 0.208. The summed E-state index contributed by atoms with van der Waals surface area (Å²) < 4.78 is 10.7. The lowest BCUT2D eigenvalue weighted by Gasteiger charge is -2.26. The van der Waals surface area contributed by atoms with Crippen molar-refractivity contribution in [1.29, 1.82) is 0 Å². The summed E-state index contributed by atoms with van der Waals surface area (Å²) in [5.74, 6) is -0.850. The van der Waals surface area contributed by atoms with E-state index in [-0.39, 0.29) is 19.3 Å². The van der Waals surface area contributed by atoms with Crippen molar-refractivity contribution in [1.82, 2.24) is 40.9 Å². The molecule has 14 heteroatoms. The van der Waals surface area contributed by atoms with Gasteiger partial charge in [0.1, 0.15) is 35.4 Å². The molecule has 3 amide bonds. The molecule has 0 radical (unpaired) electrons. The lowest BCUT2D eigenvalue weighted by molar-refractivity contribution is -0.145. The number of hydrogen-bond acceptors (Lipinski definition) is 8. The van der Waals surface area contributed by atoms with Crippen molar-refractivity contribution in [3.05, 3.63) is 169 Å². The monoisotopic (exact) mass is 896 g/mol. The number of imidazole rings is 2. The van der Waals surface area contributed by atoms with Crippen LogP contribution in [0.1, 0.15) is 37.7 Å². The fourth-order valence-corrected chi connectivity index (χ4v) is 7.83. The third-order valence-electron chi connectivity index (χ3n) is 11.2. The lowest BCUT2D eigenvalue weighted by Crippen LogP contribution is -2.57. The Morgan fingerprint density at radius 1 is 0.552 bits per heavy atom. The molecule has 0 saturated carbocycles. The van der Waals surface area contributed by atoms with Gasteiger partial charge in [0.25, 0.3) is 0 Å². The maximum Gasteiger partial charge on any atom is 0.408 e. The van der Waals surface area contributed by atoms with Crippen molar-refractivity contribution in [2.24, 2.45) is 0 Å². The molecule has 3 aromatic heterocycles. The molecule has 3 atom stereocenters. The Morgan fingerprint density at radius 2 is 1.00 bits per heavy atom. The number of amides is 3. The number of carbonyl (C=O) groups is 4. The first-order chi connectivity index (χ1) is 32.4. The van der Waals surface area contributed by atoms with Crippen LogP contribution in [0.25, 0.3) is 55.9 Å². The number of nitrogens with zero attached hydrogens (tertiary/aromatic N) is 2. The minimum absolute atomic E-state index is 0.0151. The van der Waals surface area contributed by atoms with Crippen LogP contribution >= 0.6 is 0 Å². The molecule has 0 fully saturated rings. The summed E-state index contributed by atoms with van der Waals surface area (Å²) in [7, 11) is 1.24. The Kier molecular flexibility index (Phi) is 13.7. The SMILES string of the molecule is COC(=O)[C@H](Cc1cnc(-c2ccc(-c3ccccc3)cc2)[nH]1)NC(=O)[C@H](Cc1c[nH]c2ccccc12)NC(=O)[C@H](Cc1cnc(-c2ccc(-c3ccccc3)cc2)[nH]1)NC(=O)OC(C)(C)C. The Hall–Kier alpha value is -8.26.